The molecule has 3 saturated heterocycles. The molecule has 2 unspecified atom stereocenters. The van der Waals surface area contributed by atoms with Gasteiger partial charge in [-0.2, -0.15) is 0 Å². The molecule has 0 aliphatic carbocycles. The highest BCUT2D eigenvalue weighted by Gasteiger charge is 2.74. The molecule has 3 amide bonds. The molecule has 5 atom stereocenters. The van der Waals surface area contributed by atoms with Crippen LogP contribution in [0.25, 0.3) is 0 Å². The number of likely N-dealkylation sites (N-methyl/N-ethyl adjacent to an activating group) is 1. The monoisotopic (exact) mass is 447 g/mol. The second kappa shape index (κ2) is 10.2. The number of unbranched alkanes of at least 4 members (excludes halogenated alkanes) is 1. The van der Waals surface area contributed by atoms with E-state index < -0.39 is 23.5 Å². The summed E-state index contributed by atoms with van der Waals surface area (Å²) in [6, 6.07) is -0.782. The smallest absolute Gasteiger partial charge is 0.248 e. The van der Waals surface area contributed by atoms with Crippen LogP contribution < -0.4 is 0 Å². The normalized spacial score (nSPS) is 30.3. The fourth-order valence-corrected chi connectivity index (χ4v) is 5.70. The van der Waals surface area contributed by atoms with E-state index in [1.165, 1.54) is 0 Å². The number of likely N-dealkylation sites (tertiary alicyclic amines) is 1. The second-order valence-corrected chi connectivity index (χ2v) is 9.10. The minimum Gasteiger partial charge on any atom is -0.396 e. The van der Waals surface area contributed by atoms with Crippen molar-refractivity contribution >= 4 is 17.7 Å². The molecule has 0 aromatic rings. The van der Waals surface area contributed by atoms with Crippen LogP contribution in [0.1, 0.15) is 39.0 Å². The zero-order valence-electron chi connectivity index (χ0n) is 19.4. The molecule has 178 valence electrons. The van der Waals surface area contributed by atoms with Crippen LogP contribution in [0, 0.1) is 11.8 Å². The lowest BCUT2D eigenvalue weighted by atomic mass is 9.70. The van der Waals surface area contributed by atoms with E-state index in [2.05, 4.69) is 20.1 Å². The van der Waals surface area contributed by atoms with Crippen molar-refractivity contribution in [1.82, 2.24) is 14.7 Å². The summed E-state index contributed by atoms with van der Waals surface area (Å²) in [7, 11) is 1.70. The number of carbonyl (C=O) groups excluding carboxylic acids is 3. The molecule has 32 heavy (non-hydrogen) atoms. The minimum absolute atomic E-state index is 0.0809. The highest BCUT2D eigenvalue weighted by Crippen LogP contribution is 2.58. The van der Waals surface area contributed by atoms with Crippen LogP contribution in [-0.2, 0) is 19.1 Å². The number of rotatable bonds is 12. The third-order valence-corrected chi connectivity index (χ3v) is 7.10. The van der Waals surface area contributed by atoms with E-state index in [9.17, 15) is 19.5 Å². The Balaban J connectivity index is 1.98. The Bertz CT molecular complexity index is 756. The standard InChI is InChI=1S/C24H37N3O5/c1-5-8-14-26(13-7-3)23(31)20-24-11-10-17(32-24)18(21(29)25(4)12-6-2)19(24)22(30)27(20)15-9-16-28/h6-7,17-20,28H,2-3,5,8-16H2,1,4H3/t17-,18+,19-,20?,24?/m0/s1. The van der Waals surface area contributed by atoms with E-state index >= 15 is 0 Å². The maximum Gasteiger partial charge on any atom is 0.248 e. The first-order valence-corrected chi connectivity index (χ1v) is 11.7. The van der Waals surface area contributed by atoms with Crippen molar-refractivity contribution in [2.45, 2.75) is 56.8 Å². The zero-order valence-corrected chi connectivity index (χ0v) is 19.4. The molecule has 0 aromatic carbocycles. The van der Waals surface area contributed by atoms with Crippen molar-refractivity contribution in [3.05, 3.63) is 25.3 Å². The largest absolute Gasteiger partial charge is 0.396 e. The second-order valence-electron chi connectivity index (χ2n) is 9.10. The number of carbonyl (C=O) groups is 3. The lowest BCUT2D eigenvalue weighted by Gasteiger charge is -2.37. The SMILES string of the molecule is C=CCN(C)C(=O)[C@@H]1[C@@H]2CCC3(O2)C(C(=O)N(CC=C)CCCC)N(CCCO)C(=O)[C@H]13. The molecule has 3 heterocycles. The van der Waals surface area contributed by atoms with Gasteiger partial charge in [-0.1, -0.05) is 25.5 Å². The number of fused-ring (bicyclic) bond motifs is 1. The van der Waals surface area contributed by atoms with Crippen LogP contribution in [0.2, 0.25) is 0 Å². The van der Waals surface area contributed by atoms with E-state index in [1.54, 1.807) is 33.9 Å². The Hall–Kier alpha value is -2.19. The maximum absolute atomic E-state index is 13.8. The average molecular weight is 448 g/mol. The van der Waals surface area contributed by atoms with Gasteiger partial charge in [-0.3, -0.25) is 14.4 Å². The van der Waals surface area contributed by atoms with Crippen molar-refractivity contribution in [2.24, 2.45) is 11.8 Å². The quantitative estimate of drug-likeness (QED) is 0.454. The number of hydrogen-bond acceptors (Lipinski definition) is 5. The van der Waals surface area contributed by atoms with Gasteiger partial charge in [0.05, 0.1) is 17.9 Å². The predicted molar refractivity (Wildman–Crippen MR) is 121 cm³/mol. The molecule has 0 radical (unpaired) electrons. The molecule has 8 nitrogen and oxygen atoms in total. The summed E-state index contributed by atoms with van der Waals surface area (Å²) < 4.78 is 6.42. The van der Waals surface area contributed by atoms with E-state index in [-0.39, 0.29) is 37.0 Å². The Morgan fingerprint density at radius 3 is 2.59 bits per heavy atom. The fourth-order valence-electron chi connectivity index (χ4n) is 5.70. The van der Waals surface area contributed by atoms with E-state index in [0.29, 0.717) is 38.9 Å². The van der Waals surface area contributed by atoms with Crippen LogP contribution in [0.15, 0.2) is 25.3 Å². The molecule has 3 fully saturated rings. The molecule has 0 aromatic heterocycles. The molecule has 1 N–H and O–H groups in total. The summed E-state index contributed by atoms with van der Waals surface area (Å²) in [6.45, 7) is 11.1. The maximum atomic E-state index is 13.8. The third kappa shape index (κ3) is 3.99. The van der Waals surface area contributed by atoms with E-state index in [0.717, 1.165) is 12.8 Å². The van der Waals surface area contributed by atoms with Gasteiger partial charge in [0, 0.05) is 39.8 Å². The van der Waals surface area contributed by atoms with Gasteiger partial charge < -0.3 is 24.5 Å². The Morgan fingerprint density at radius 2 is 1.97 bits per heavy atom. The van der Waals surface area contributed by atoms with Gasteiger partial charge >= 0.3 is 0 Å². The first kappa shape index (κ1) is 24.5. The predicted octanol–water partition coefficient (Wildman–Crippen LogP) is 1.20. The molecule has 3 aliphatic heterocycles. The van der Waals surface area contributed by atoms with Gasteiger partial charge in [-0.15, -0.1) is 13.2 Å². The van der Waals surface area contributed by atoms with Crippen molar-refractivity contribution in [3.8, 4) is 0 Å². The lowest BCUT2D eigenvalue weighted by molar-refractivity contribution is -0.148. The van der Waals surface area contributed by atoms with Crippen molar-refractivity contribution in [3.63, 3.8) is 0 Å². The van der Waals surface area contributed by atoms with E-state index in [1.807, 2.05) is 0 Å². The molecule has 1 spiro atoms. The van der Waals surface area contributed by atoms with Crippen LogP contribution in [0.4, 0.5) is 0 Å². The number of nitrogens with zero attached hydrogens (tertiary/aromatic N) is 3. The average Bonchev–Trinajstić information content (AvgIpc) is 3.41. The number of aliphatic hydroxyl groups excluding tert-OH is 1. The molecule has 8 heteroatoms. The Labute approximate surface area is 190 Å². The number of amides is 3. The summed E-state index contributed by atoms with van der Waals surface area (Å²) >= 11 is 0. The third-order valence-electron chi connectivity index (χ3n) is 7.10. The van der Waals surface area contributed by atoms with Crippen LogP contribution in [-0.4, -0.2) is 95.1 Å². The minimum atomic E-state index is -0.991. The molecule has 0 saturated carbocycles. The molecule has 3 aliphatic rings. The highest BCUT2D eigenvalue weighted by atomic mass is 16.5. The van der Waals surface area contributed by atoms with Crippen LogP contribution in [0.3, 0.4) is 0 Å². The van der Waals surface area contributed by atoms with Gasteiger partial charge in [0.1, 0.15) is 11.6 Å². The van der Waals surface area contributed by atoms with E-state index in [4.69, 9.17) is 4.74 Å². The molecular weight excluding hydrogens is 410 g/mol. The number of aliphatic hydroxyl groups is 1. The first-order chi connectivity index (χ1) is 15.4. The summed E-state index contributed by atoms with van der Waals surface area (Å²) in [6.07, 6.45) is 6.37. The van der Waals surface area contributed by atoms with Gasteiger partial charge in [0.25, 0.3) is 0 Å². The summed E-state index contributed by atoms with van der Waals surface area (Å²) in [4.78, 5) is 45.6. The molecule has 2 bridgehead atoms. The van der Waals surface area contributed by atoms with Crippen LogP contribution >= 0.6 is 0 Å². The fraction of sp³-hybridized carbons (Fsp3) is 0.708. The van der Waals surface area contributed by atoms with Crippen molar-refractivity contribution in [2.75, 3.05) is 39.8 Å². The summed E-state index contributed by atoms with van der Waals surface area (Å²) in [5, 5.41) is 9.40. The topological polar surface area (TPSA) is 90.4 Å². The van der Waals surface area contributed by atoms with Crippen molar-refractivity contribution < 1.29 is 24.2 Å². The summed E-state index contributed by atoms with van der Waals surface area (Å²) in [5.74, 6) is -1.78. The van der Waals surface area contributed by atoms with Crippen molar-refractivity contribution in [1.29, 1.82) is 0 Å². The zero-order chi connectivity index (χ0) is 23.5. The lowest BCUT2D eigenvalue weighted by Crippen LogP contribution is -2.56. The summed E-state index contributed by atoms with van der Waals surface area (Å²) in [5.41, 5.74) is -0.991. The van der Waals surface area contributed by atoms with Gasteiger partial charge in [-0.25, -0.2) is 0 Å². The Kier molecular flexibility index (Phi) is 7.77. The van der Waals surface area contributed by atoms with Gasteiger partial charge in [0.2, 0.25) is 17.7 Å². The highest BCUT2D eigenvalue weighted by molar-refractivity contribution is 5.99. The molecule has 3 rings (SSSR count). The van der Waals surface area contributed by atoms with Gasteiger partial charge in [0.15, 0.2) is 0 Å². The van der Waals surface area contributed by atoms with Gasteiger partial charge in [-0.05, 0) is 25.7 Å². The Morgan fingerprint density at radius 1 is 1.25 bits per heavy atom. The molecular formula is C24H37N3O5. The number of hydrogen-bond donors (Lipinski definition) is 1. The number of ether oxygens (including phenoxy) is 1. The van der Waals surface area contributed by atoms with Crippen LogP contribution in [0.5, 0.6) is 0 Å². The first-order valence-electron chi connectivity index (χ1n) is 11.7.